The predicted octanol–water partition coefficient (Wildman–Crippen LogP) is 1.74. The average molecular weight is 436 g/mol. The van der Waals surface area contributed by atoms with Crippen molar-refractivity contribution in [3.8, 4) is 16.9 Å². The molecule has 1 saturated heterocycles. The van der Waals surface area contributed by atoms with E-state index in [-0.39, 0.29) is 12.5 Å². The molecular weight excluding hydrogens is 412 g/mol. The molecule has 0 unspecified atom stereocenters. The summed E-state index contributed by atoms with van der Waals surface area (Å²) in [5, 5.41) is 2.70. The maximum Gasteiger partial charge on any atom is 0.325 e. The molecule has 9 heteroatoms. The van der Waals surface area contributed by atoms with Gasteiger partial charge in [0.2, 0.25) is 0 Å². The van der Waals surface area contributed by atoms with Crippen molar-refractivity contribution >= 4 is 23.8 Å². The number of nitrogens with one attached hydrogen (secondary N) is 3. The highest BCUT2D eigenvalue weighted by molar-refractivity contribution is 6.09. The number of hydrazine groups is 1. The van der Waals surface area contributed by atoms with Crippen molar-refractivity contribution in [1.29, 1.82) is 0 Å². The fourth-order valence-electron chi connectivity index (χ4n) is 4.02. The number of carbonyl (C=O) groups excluding carboxylic acids is 4. The van der Waals surface area contributed by atoms with Gasteiger partial charge in [0.25, 0.3) is 17.7 Å². The third-order valence-electron chi connectivity index (χ3n) is 5.68. The van der Waals surface area contributed by atoms with Crippen LogP contribution in [-0.4, -0.2) is 47.3 Å². The molecule has 0 aromatic heterocycles. The second-order valence-corrected chi connectivity index (χ2v) is 7.89. The van der Waals surface area contributed by atoms with Gasteiger partial charge in [-0.15, -0.1) is 0 Å². The molecule has 0 radical (unpaired) electrons. The van der Waals surface area contributed by atoms with Gasteiger partial charge < -0.3 is 10.1 Å². The average Bonchev–Trinajstić information content (AvgIpc) is 3.37. The lowest BCUT2D eigenvalue weighted by Gasteiger charge is -2.19. The maximum absolute atomic E-state index is 12.5. The molecule has 1 heterocycles. The molecule has 0 bridgehead atoms. The lowest BCUT2D eigenvalue weighted by molar-refractivity contribution is -0.136. The summed E-state index contributed by atoms with van der Waals surface area (Å²) in [7, 11) is 0. The Morgan fingerprint density at radius 3 is 2.22 bits per heavy atom. The first-order valence-corrected chi connectivity index (χ1v) is 10.5. The maximum atomic E-state index is 12.5. The molecule has 2 aliphatic rings. The standard InChI is InChI=1S/C23H24N4O5/c28-19(14-27-21(30)23(24-22(27)31)12-4-5-13-23)25-26-20(29)15-32-18-10-8-17(9-11-18)16-6-2-1-3-7-16/h1-3,6-11H,4-5,12-15H2,(H,24,31)(H,25,28)(H,26,29). The Morgan fingerprint density at radius 2 is 1.53 bits per heavy atom. The van der Waals surface area contributed by atoms with Crippen LogP contribution in [0.15, 0.2) is 54.6 Å². The number of hydrogen-bond acceptors (Lipinski definition) is 5. The van der Waals surface area contributed by atoms with Crippen LogP contribution in [0.1, 0.15) is 25.7 Å². The molecular formula is C23H24N4O5. The van der Waals surface area contributed by atoms with Crippen molar-refractivity contribution in [2.75, 3.05) is 13.2 Å². The van der Waals surface area contributed by atoms with Gasteiger partial charge in [-0.25, -0.2) is 4.79 Å². The molecule has 1 saturated carbocycles. The van der Waals surface area contributed by atoms with E-state index in [0.717, 1.165) is 28.9 Å². The van der Waals surface area contributed by atoms with E-state index >= 15 is 0 Å². The fourth-order valence-corrected chi connectivity index (χ4v) is 4.02. The molecule has 3 N–H and O–H groups in total. The molecule has 32 heavy (non-hydrogen) atoms. The van der Waals surface area contributed by atoms with Crippen LogP contribution in [-0.2, 0) is 14.4 Å². The third kappa shape index (κ3) is 4.56. The molecule has 2 aromatic carbocycles. The van der Waals surface area contributed by atoms with Crippen molar-refractivity contribution in [3.63, 3.8) is 0 Å². The number of rotatable bonds is 6. The Hall–Kier alpha value is -3.88. The van der Waals surface area contributed by atoms with Crippen molar-refractivity contribution in [3.05, 3.63) is 54.6 Å². The van der Waals surface area contributed by atoms with Crippen LogP contribution in [0.5, 0.6) is 5.75 Å². The third-order valence-corrected chi connectivity index (χ3v) is 5.68. The van der Waals surface area contributed by atoms with Crippen molar-refractivity contribution < 1.29 is 23.9 Å². The van der Waals surface area contributed by atoms with Gasteiger partial charge in [0.1, 0.15) is 17.8 Å². The lowest BCUT2D eigenvalue weighted by atomic mass is 9.98. The van der Waals surface area contributed by atoms with Crippen LogP contribution >= 0.6 is 0 Å². The lowest BCUT2D eigenvalue weighted by Crippen LogP contribution is -2.49. The normalized spacial score (nSPS) is 16.7. The number of nitrogens with zero attached hydrogens (tertiary/aromatic N) is 1. The van der Waals surface area contributed by atoms with Crippen LogP contribution in [0.3, 0.4) is 0 Å². The summed E-state index contributed by atoms with van der Waals surface area (Å²) >= 11 is 0. The first-order chi connectivity index (χ1) is 15.5. The smallest absolute Gasteiger partial charge is 0.325 e. The number of amides is 5. The van der Waals surface area contributed by atoms with Gasteiger partial charge in [-0.05, 0) is 36.1 Å². The topological polar surface area (TPSA) is 117 Å². The van der Waals surface area contributed by atoms with E-state index in [0.29, 0.717) is 18.6 Å². The highest BCUT2D eigenvalue weighted by Gasteiger charge is 2.52. The zero-order valence-electron chi connectivity index (χ0n) is 17.4. The second-order valence-electron chi connectivity index (χ2n) is 7.89. The van der Waals surface area contributed by atoms with E-state index in [1.165, 1.54) is 0 Å². The minimum absolute atomic E-state index is 0.308. The molecule has 4 rings (SSSR count). The van der Waals surface area contributed by atoms with Gasteiger partial charge in [0.05, 0.1) is 0 Å². The number of carbonyl (C=O) groups is 4. The summed E-state index contributed by atoms with van der Waals surface area (Å²) in [4.78, 5) is 49.6. The predicted molar refractivity (Wildman–Crippen MR) is 115 cm³/mol. The van der Waals surface area contributed by atoms with Crippen LogP contribution in [0, 0.1) is 0 Å². The summed E-state index contributed by atoms with van der Waals surface area (Å²) < 4.78 is 5.43. The number of hydrogen-bond donors (Lipinski definition) is 3. The number of benzene rings is 2. The quantitative estimate of drug-likeness (QED) is 0.471. The molecule has 2 aromatic rings. The zero-order chi connectivity index (χ0) is 22.6. The van der Waals surface area contributed by atoms with Crippen LogP contribution in [0.25, 0.3) is 11.1 Å². The minimum Gasteiger partial charge on any atom is -0.484 e. The first-order valence-electron chi connectivity index (χ1n) is 10.5. The van der Waals surface area contributed by atoms with Crippen LogP contribution in [0.4, 0.5) is 4.79 Å². The second kappa shape index (κ2) is 9.09. The summed E-state index contributed by atoms with van der Waals surface area (Å²) in [6.45, 7) is -0.772. The summed E-state index contributed by atoms with van der Waals surface area (Å²) in [6.07, 6.45) is 2.88. The molecule has 1 spiro atoms. The number of ether oxygens (including phenoxy) is 1. The first kappa shape index (κ1) is 21.4. The van der Waals surface area contributed by atoms with Gasteiger partial charge in [0.15, 0.2) is 6.61 Å². The summed E-state index contributed by atoms with van der Waals surface area (Å²) in [5.41, 5.74) is 5.65. The Morgan fingerprint density at radius 1 is 0.906 bits per heavy atom. The minimum atomic E-state index is -0.871. The van der Waals surface area contributed by atoms with E-state index in [2.05, 4.69) is 16.2 Å². The molecule has 2 fully saturated rings. The van der Waals surface area contributed by atoms with E-state index in [4.69, 9.17) is 4.74 Å². The van der Waals surface area contributed by atoms with Crippen molar-refractivity contribution in [2.45, 2.75) is 31.2 Å². The van der Waals surface area contributed by atoms with Gasteiger partial charge in [-0.2, -0.15) is 0 Å². The Kier molecular flexibility index (Phi) is 6.07. The molecule has 166 valence electrons. The fraction of sp³-hybridized carbons (Fsp3) is 0.304. The van der Waals surface area contributed by atoms with Gasteiger partial charge in [-0.1, -0.05) is 55.3 Å². The zero-order valence-corrected chi connectivity index (χ0v) is 17.4. The van der Waals surface area contributed by atoms with Gasteiger partial charge >= 0.3 is 6.03 Å². The molecule has 9 nitrogen and oxygen atoms in total. The van der Waals surface area contributed by atoms with Crippen molar-refractivity contribution in [1.82, 2.24) is 21.1 Å². The Balaban J connectivity index is 1.21. The SMILES string of the molecule is O=C(COc1ccc(-c2ccccc2)cc1)NNC(=O)CN1C(=O)NC2(CCCC2)C1=O. The number of imide groups is 1. The largest absolute Gasteiger partial charge is 0.484 e. The molecule has 0 atom stereocenters. The van der Waals surface area contributed by atoms with Crippen LogP contribution in [0.2, 0.25) is 0 Å². The number of urea groups is 1. The van der Waals surface area contributed by atoms with E-state index in [1.807, 2.05) is 42.5 Å². The molecule has 5 amide bonds. The molecule has 1 aliphatic heterocycles. The monoisotopic (exact) mass is 436 g/mol. The highest BCUT2D eigenvalue weighted by atomic mass is 16.5. The molecule has 1 aliphatic carbocycles. The highest BCUT2D eigenvalue weighted by Crippen LogP contribution is 2.34. The van der Waals surface area contributed by atoms with Gasteiger partial charge in [0, 0.05) is 0 Å². The van der Waals surface area contributed by atoms with Crippen LogP contribution < -0.4 is 20.9 Å². The Bertz CT molecular complexity index is 1020. The Labute approximate surface area is 185 Å². The summed E-state index contributed by atoms with van der Waals surface area (Å²) in [6, 6.07) is 16.6. The van der Waals surface area contributed by atoms with Crippen molar-refractivity contribution in [2.24, 2.45) is 0 Å². The summed E-state index contributed by atoms with van der Waals surface area (Å²) in [5.74, 6) is -1.13. The van der Waals surface area contributed by atoms with Gasteiger partial charge in [-0.3, -0.25) is 30.1 Å². The van der Waals surface area contributed by atoms with E-state index in [9.17, 15) is 19.2 Å². The van der Waals surface area contributed by atoms with E-state index in [1.54, 1.807) is 12.1 Å². The van der Waals surface area contributed by atoms with E-state index < -0.39 is 29.9 Å².